The summed E-state index contributed by atoms with van der Waals surface area (Å²) >= 11 is 1.40. The summed E-state index contributed by atoms with van der Waals surface area (Å²) in [6.45, 7) is 4.04. The van der Waals surface area contributed by atoms with Crippen molar-refractivity contribution in [2.75, 3.05) is 19.5 Å². The van der Waals surface area contributed by atoms with E-state index in [1.54, 1.807) is 32.4 Å². The van der Waals surface area contributed by atoms with Crippen LogP contribution in [-0.2, 0) is 4.79 Å². The fourth-order valence-electron chi connectivity index (χ4n) is 3.53. The monoisotopic (exact) mass is 436 g/mol. The van der Waals surface area contributed by atoms with Gasteiger partial charge in [0, 0.05) is 11.5 Å². The Balaban J connectivity index is 1.65. The van der Waals surface area contributed by atoms with Crippen LogP contribution in [0.25, 0.3) is 16.6 Å². The van der Waals surface area contributed by atoms with Crippen molar-refractivity contribution in [2.24, 2.45) is 0 Å². The molecule has 2 heterocycles. The highest BCUT2D eigenvalue weighted by Gasteiger charge is 2.23. The molecular formula is C23H24N4O3S. The van der Waals surface area contributed by atoms with Crippen molar-refractivity contribution >= 4 is 39.9 Å². The zero-order chi connectivity index (χ0) is 22.0. The normalized spacial score (nSPS) is 12.1. The van der Waals surface area contributed by atoms with E-state index in [-0.39, 0.29) is 11.2 Å². The quantitative estimate of drug-likeness (QED) is 0.423. The summed E-state index contributed by atoms with van der Waals surface area (Å²) in [4.78, 5) is 13.1. The Kier molecular flexibility index (Phi) is 5.99. The molecule has 8 heteroatoms. The first-order valence-corrected chi connectivity index (χ1v) is 10.9. The van der Waals surface area contributed by atoms with Crippen LogP contribution in [0.15, 0.2) is 53.7 Å². The van der Waals surface area contributed by atoms with Crippen LogP contribution in [0.3, 0.4) is 0 Å². The van der Waals surface area contributed by atoms with E-state index >= 15 is 0 Å². The molecule has 1 unspecified atom stereocenters. The highest BCUT2D eigenvalue weighted by Crippen LogP contribution is 2.32. The van der Waals surface area contributed by atoms with Gasteiger partial charge < -0.3 is 14.8 Å². The molecule has 0 spiro atoms. The zero-order valence-electron chi connectivity index (χ0n) is 17.9. The van der Waals surface area contributed by atoms with E-state index in [9.17, 15) is 4.79 Å². The number of benzene rings is 2. The van der Waals surface area contributed by atoms with Gasteiger partial charge in [0.1, 0.15) is 11.5 Å². The highest BCUT2D eigenvalue weighted by atomic mass is 32.2. The molecule has 0 saturated carbocycles. The number of carbonyl (C=O) groups excluding carboxylic acids is 1. The minimum absolute atomic E-state index is 0.132. The number of anilines is 1. The molecule has 0 aliphatic heterocycles. The van der Waals surface area contributed by atoms with Crippen molar-refractivity contribution in [2.45, 2.75) is 30.7 Å². The van der Waals surface area contributed by atoms with Crippen molar-refractivity contribution in [1.82, 2.24) is 14.6 Å². The maximum Gasteiger partial charge on any atom is 0.238 e. The second kappa shape index (κ2) is 8.85. The Morgan fingerprint density at radius 2 is 1.94 bits per heavy atom. The fraction of sp³-hybridized carbons (Fsp3) is 0.261. The van der Waals surface area contributed by atoms with Gasteiger partial charge in [0.25, 0.3) is 0 Å². The molecule has 160 valence electrons. The molecular weight excluding hydrogens is 412 g/mol. The average Bonchev–Trinajstić information content (AvgIpc) is 3.19. The van der Waals surface area contributed by atoms with E-state index in [0.29, 0.717) is 28.8 Å². The molecule has 0 radical (unpaired) electrons. The molecule has 2 aromatic carbocycles. The molecule has 2 aromatic heterocycles. The van der Waals surface area contributed by atoms with Crippen molar-refractivity contribution < 1.29 is 14.3 Å². The van der Waals surface area contributed by atoms with E-state index in [4.69, 9.17) is 9.47 Å². The van der Waals surface area contributed by atoms with Crippen LogP contribution in [0.5, 0.6) is 11.5 Å². The third-order valence-corrected chi connectivity index (χ3v) is 6.46. The third-order valence-electron chi connectivity index (χ3n) is 5.15. The number of pyridine rings is 1. The average molecular weight is 437 g/mol. The number of aromatic nitrogens is 3. The Morgan fingerprint density at radius 1 is 1.13 bits per heavy atom. The molecule has 0 saturated heterocycles. The number of rotatable bonds is 7. The van der Waals surface area contributed by atoms with E-state index in [0.717, 1.165) is 22.1 Å². The van der Waals surface area contributed by atoms with Crippen LogP contribution in [0.2, 0.25) is 0 Å². The Hall–Kier alpha value is -3.26. The number of nitrogens with zero attached hydrogens (tertiary/aromatic N) is 3. The molecule has 1 atom stereocenters. The maximum absolute atomic E-state index is 13.1. The number of aryl methyl sites for hydroxylation is 1. The second-order valence-electron chi connectivity index (χ2n) is 7.09. The molecule has 7 nitrogen and oxygen atoms in total. The number of ether oxygens (including phenoxy) is 2. The van der Waals surface area contributed by atoms with Gasteiger partial charge >= 0.3 is 0 Å². The Labute approximate surface area is 184 Å². The summed E-state index contributed by atoms with van der Waals surface area (Å²) in [5.74, 6) is 1.08. The SMILES string of the molecule is CCC(Sc1nnc2cc(C)c3ccccc3n12)C(=O)Nc1cc(OC)ccc1OC. The lowest BCUT2D eigenvalue weighted by Gasteiger charge is -2.16. The smallest absolute Gasteiger partial charge is 0.238 e. The Bertz CT molecular complexity index is 1250. The van der Waals surface area contributed by atoms with Gasteiger partial charge in [-0.15, -0.1) is 10.2 Å². The summed E-state index contributed by atoms with van der Waals surface area (Å²) in [6, 6.07) is 15.5. The molecule has 1 amide bonds. The predicted octanol–water partition coefficient (Wildman–Crippen LogP) is 4.72. The summed E-state index contributed by atoms with van der Waals surface area (Å²) in [7, 11) is 3.15. The number of thioether (sulfide) groups is 1. The summed E-state index contributed by atoms with van der Waals surface area (Å²) in [6.07, 6.45) is 0.626. The number of para-hydroxylation sites is 1. The summed E-state index contributed by atoms with van der Waals surface area (Å²) in [5, 5.41) is 13.1. The lowest BCUT2D eigenvalue weighted by Crippen LogP contribution is -2.25. The van der Waals surface area contributed by atoms with Crippen LogP contribution < -0.4 is 14.8 Å². The Morgan fingerprint density at radius 3 is 2.68 bits per heavy atom. The number of hydrogen-bond acceptors (Lipinski definition) is 6. The van der Waals surface area contributed by atoms with E-state index in [2.05, 4.69) is 28.5 Å². The molecule has 0 aliphatic rings. The predicted molar refractivity (Wildman–Crippen MR) is 123 cm³/mol. The lowest BCUT2D eigenvalue weighted by atomic mass is 10.1. The first-order chi connectivity index (χ1) is 15.0. The molecule has 0 bridgehead atoms. The molecule has 0 fully saturated rings. The van der Waals surface area contributed by atoms with E-state index in [1.165, 1.54) is 11.8 Å². The lowest BCUT2D eigenvalue weighted by molar-refractivity contribution is -0.115. The first kappa shape index (κ1) is 21.0. The fourth-order valence-corrected chi connectivity index (χ4v) is 4.50. The standard InChI is InChI=1S/C23H24N4O3S/c1-5-20(22(28)24-17-13-15(29-3)10-11-19(17)30-4)31-23-26-25-21-12-14(2)16-8-6-7-9-18(16)27(21)23/h6-13,20H,5H2,1-4H3,(H,24,28). The van der Waals surface area contributed by atoms with Gasteiger partial charge in [-0.3, -0.25) is 9.20 Å². The maximum atomic E-state index is 13.1. The number of carbonyl (C=O) groups is 1. The highest BCUT2D eigenvalue weighted by molar-refractivity contribution is 8.00. The summed E-state index contributed by atoms with van der Waals surface area (Å²) < 4.78 is 12.7. The van der Waals surface area contributed by atoms with Crippen LogP contribution in [0.4, 0.5) is 5.69 Å². The third kappa shape index (κ3) is 4.03. The van der Waals surface area contributed by atoms with Gasteiger partial charge in [-0.05, 0) is 43.2 Å². The van der Waals surface area contributed by atoms with Crippen LogP contribution >= 0.6 is 11.8 Å². The minimum atomic E-state index is -0.358. The van der Waals surface area contributed by atoms with Gasteiger partial charge in [0.05, 0.1) is 30.7 Å². The number of hydrogen-bond donors (Lipinski definition) is 1. The van der Waals surface area contributed by atoms with Crippen LogP contribution in [-0.4, -0.2) is 40.0 Å². The molecule has 0 aliphatic carbocycles. The van der Waals surface area contributed by atoms with E-state index < -0.39 is 0 Å². The molecule has 4 rings (SSSR count). The van der Waals surface area contributed by atoms with Crippen LogP contribution in [0.1, 0.15) is 18.9 Å². The largest absolute Gasteiger partial charge is 0.497 e. The number of fused-ring (bicyclic) bond motifs is 3. The summed E-state index contributed by atoms with van der Waals surface area (Å²) in [5.41, 5.74) is 3.50. The first-order valence-electron chi connectivity index (χ1n) is 9.98. The number of methoxy groups -OCH3 is 2. The number of nitrogens with one attached hydrogen (secondary N) is 1. The van der Waals surface area contributed by atoms with Crippen molar-refractivity contribution in [3.05, 3.63) is 54.1 Å². The van der Waals surface area contributed by atoms with E-state index in [1.807, 2.05) is 35.6 Å². The van der Waals surface area contributed by atoms with Crippen LogP contribution in [0, 0.1) is 6.92 Å². The van der Waals surface area contributed by atoms with Gasteiger partial charge in [-0.25, -0.2) is 0 Å². The zero-order valence-corrected chi connectivity index (χ0v) is 18.7. The van der Waals surface area contributed by atoms with Gasteiger partial charge in [0.15, 0.2) is 10.8 Å². The van der Waals surface area contributed by atoms with Gasteiger partial charge in [0.2, 0.25) is 5.91 Å². The molecule has 4 aromatic rings. The second-order valence-corrected chi connectivity index (χ2v) is 8.26. The van der Waals surface area contributed by atoms with Gasteiger partial charge in [-0.2, -0.15) is 0 Å². The topological polar surface area (TPSA) is 77.8 Å². The van der Waals surface area contributed by atoms with Crippen molar-refractivity contribution in [3.63, 3.8) is 0 Å². The minimum Gasteiger partial charge on any atom is -0.497 e. The van der Waals surface area contributed by atoms with Crippen molar-refractivity contribution in [1.29, 1.82) is 0 Å². The molecule has 1 N–H and O–H groups in total. The molecule has 31 heavy (non-hydrogen) atoms. The van der Waals surface area contributed by atoms with Gasteiger partial charge in [-0.1, -0.05) is 36.9 Å². The number of amides is 1. The van der Waals surface area contributed by atoms with Crippen molar-refractivity contribution in [3.8, 4) is 11.5 Å².